The number of carbonyl (C=O) groups excluding carboxylic acids is 1. The predicted molar refractivity (Wildman–Crippen MR) is 110 cm³/mol. The van der Waals surface area contributed by atoms with Crippen LogP contribution in [0.5, 0.6) is 0 Å². The van der Waals surface area contributed by atoms with Gasteiger partial charge in [0, 0.05) is 12.1 Å². The normalized spacial score (nSPS) is 12.0. The van der Waals surface area contributed by atoms with Crippen LogP contribution in [0.15, 0.2) is 53.7 Å². The number of rotatable bonds is 7. The molecule has 1 amide bonds. The number of anilines is 1. The largest absolute Gasteiger partial charge is 0.325 e. The van der Waals surface area contributed by atoms with E-state index in [9.17, 15) is 4.79 Å². The van der Waals surface area contributed by atoms with Crippen LogP contribution in [0.2, 0.25) is 0 Å². The van der Waals surface area contributed by atoms with Crippen LogP contribution in [0.25, 0.3) is 0 Å². The summed E-state index contributed by atoms with van der Waals surface area (Å²) in [5.41, 5.74) is 3.96. The number of H-pyrrole nitrogens is 1. The van der Waals surface area contributed by atoms with E-state index in [2.05, 4.69) is 33.5 Å². The molecule has 0 aliphatic rings. The Balaban J connectivity index is 1.83. The first-order valence-corrected chi connectivity index (χ1v) is 9.95. The third-order valence-corrected chi connectivity index (χ3v) is 5.17. The Labute approximate surface area is 164 Å². The van der Waals surface area contributed by atoms with Gasteiger partial charge in [-0.15, -0.1) is 5.10 Å². The number of aromatic nitrogens is 3. The molecular weight excluding hydrogens is 356 g/mol. The van der Waals surface area contributed by atoms with Crippen molar-refractivity contribution in [2.45, 2.75) is 44.0 Å². The molecule has 0 fully saturated rings. The van der Waals surface area contributed by atoms with Crippen LogP contribution in [-0.4, -0.2) is 21.1 Å². The average molecular weight is 381 g/mol. The van der Waals surface area contributed by atoms with E-state index in [1.807, 2.05) is 56.3 Å². The van der Waals surface area contributed by atoms with Gasteiger partial charge in [-0.2, -0.15) is 0 Å². The first kappa shape index (κ1) is 19.2. The third-order valence-electron chi connectivity index (χ3n) is 4.05. The Morgan fingerprint density at radius 2 is 1.85 bits per heavy atom. The molecule has 0 saturated heterocycles. The first-order valence-electron chi connectivity index (χ1n) is 9.07. The van der Waals surface area contributed by atoms with Crippen LogP contribution in [0, 0.1) is 13.8 Å². The molecule has 1 atom stereocenters. The van der Waals surface area contributed by atoms with Crippen LogP contribution >= 0.6 is 11.8 Å². The van der Waals surface area contributed by atoms with E-state index in [-0.39, 0.29) is 5.91 Å². The lowest BCUT2D eigenvalue weighted by Crippen LogP contribution is -2.19. The van der Waals surface area contributed by atoms with Gasteiger partial charge in [-0.3, -0.25) is 9.89 Å². The lowest BCUT2D eigenvalue weighted by Gasteiger charge is -2.16. The molecule has 6 heteroatoms. The third kappa shape index (κ3) is 5.20. The number of hydrogen-bond acceptors (Lipinski definition) is 4. The minimum Gasteiger partial charge on any atom is -0.325 e. The molecule has 0 spiro atoms. The molecule has 0 aliphatic carbocycles. The summed E-state index contributed by atoms with van der Waals surface area (Å²) in [7, 11) is 0. The second-order valence-electron chi connectivity index (χ2n) is 6.59. The number of nitrogens with one attached hydrogen (secondary N) is 2. The van der Waals surface area contributed by atoms with Gasteiger partial charge in [0.25, 0.3) is 0 Å². The smallest absolute Gasteiger partial charge is 0.242 e. The molecule has 0 aliphatic heterocycles. The van der Waals surface area contributed by atoms with Gasteiger partial charge in [0.15, 0.2) is 0 Å². The molecule has 5 nitrogen and oxygen atoms in total. The van der Waals surface area contributed by atoms with E-state index in [1.165, 1.54) is 11.8 Å². The molecule has 140 valence electrons. The number of amides is 1. The average Bonchev–Trinajstić information content (AvgIpc) is 3.07. The van der Waals surface area contributed by atoms with Crippen molar-refractivity contribution in [3.8, 4) is 0 Å². The molecule has 2 N–H and O–H groups in total. The van der Waals surface area contributed by atoms with Crippen LogP contribution < -0.4 is 5.32 Å². The number of thioether (sulfide) groups is 1. The van der Waals surface area contributed by atoms with Crippen LogP contribution in [0.1, 0.15) is 41.1 Å². The van der Waals surface area contributed by atoms with Crippen molar-refractivity contribution < 1.29 is 4.79 Å². The zero-order valence-electron chi connectivity index (χ0n) is 15.8. The van der Waals surface area contributed by atoms with Crippen molar-refractivity contribution in [3.05, 3.63) is 71.0 Å². The molecule has 0 bridgehead atoms. The van der Waals surface area contributed by atoms with Crippen molar-refractivity contribution >= 4 is 23.4 Å². The van der Waals surface area contributed by atoms with Gasteiger partial charge in [-0.1, -0.05) is 55.1 Å². The van der Waals surface area contributed by atoms with Gasteiger partial charge < -0.3 is 5.32 Å². The molecule has 1 heterocycles. The Kier molecular flexibility index (Phi) is 6.29. The lowest BCUT2D eigenvalue weighted by atomic mass is 10.1. The summed E-state index contributed by atoms with van der Waals surface area (Å²) in [6, 6.07) is 15.8. The molecule has 1 aromatic heterocycles. The maximum Gasteiger partial charge on any atom is 0.242 e. The van der Waals surface area contributed by atoms with E-state index >= 15 is 0 Å². The fourth-order valence-corrected chi connectivity index (χ4v) is 3.87. The van der Waals surface area contributed by atoms with Gasteiger partial charge in [0.2, 0.25) is 11.1 Å². The summed E-state index contributed by atoms with van der Waals surface area (Å²) in [5.74, 6) is 0.763. The first-order chi connectivity index (χ1) is 13.0. The van der Waals surface area contributed by atoms with Crippen molar-refractivity contribution in [3.63, 3.8) is 0 Å². The number of carbonyl (C=O) groups is 1. The van der Waals surface area contributed by atoms with Gasteiger partial charge in [0.1, 0.15) is 11.1 Å². The Morgan fingerprint density at radius 1 is 1.15 bits per heavy atom. The van der Waals surface area contributed by atoms with E-state index in [1.54, 1.807) is 0 Å². The Bertz CT molecular complexity index is 887. The standard InChI is InChI=1S/C21H24N4OS/c1-4-8-18-23-21(25-24-18)27-19(16-9-6-5-7-10-16)20(26)22-17-12-14(2)11-15(3)13-17/h5-7,9-13,19H,4,8H2,1-3H3,(H,22,26)(H,23,24,25)/t19-/m1/s1. The van der Waals surface area contributed by atoms with Gasteiger partial charge in [0.05, 0.1) is 0 Å². The van der Waals surface area contributed by atoms with Gasteiger partial charge in [-0.05, 0) is 49.1 Å². The second kappa shape index (κ2) is 8.86. The predicted octanol–water partition coefficient (Wildman–Crippen LogP) is 4.85. The van der Waals surface area contributed by atoms with E-state index in [0.717, 1.165) is 41.0 Å². The Hall–Kier alpha value is -2.60. The minimum absolute atomic E-state index is 0.0851. The highest BCUT2D eigenvalue weighted by Gasteiger charge is 2.24. The van der Waals surface area contributed by atoms with Crippen molar-refractivity contribution in [2.24, 2.45) is 0 Å². The van der Waals surface area contributed by atoms with E-state index < -0.39 is 5.25 Å². The van der Waals surface area contributed by atoms with Crippen LogP contribution in [0.3, 0.4) is 0 Å². The number of aromatic amines is 1. The summed E-state index contributed by atoms with van der Waals surface area (Å²) < 4.78 is 0. The second-order valence-corrected chi connectivity index (χ2v) is 7.66. The molecule has 0 radical (unpaired) electrons. The summed E-state index contributed by atoms with van der Waals surface area (Å²) in [4.78, 5) is 17.6. The van der Waals surface area contributed by atoms with Gasteiger partial charge in [-0.25, -0.2) is 4.98 Å². The van der Waals surface area contributed by atoms with Crippen molar-refractivity contribution in [2.75, 3.05) is 5.32 Å². The lowest BCUT2D eigenvalue weighted by molar-refractivity contribution is -0.115. The summed E-state index contributed by atoms with van der Waals surface area (Å²) >= 11 is 1.36. The number of benzene rings is 2. The van der Waals surface area contributed by atoms with E-state index in [4.69, 9.17) is 0 Å². The van der Waals surface area contributed by atoms with E-state index in [0.29, 0.717) is 5.16 Å². The monoisotopic (exact) mass is 380 g/mol. The maximum atomic E-state index is 13.1. The molecule has 2 aromatic carbocycles. The summed E-state index contributed by atoms with van der Waals surface area (Å²) in [6.45, 7) is 6.14. The maximum absolute atomic E-state index is 13.1. The number of nitrogens with zero attached hydrogens (tertiary/aromatic N) is 2. The number of hydrogen-bond donors (Lipinski definition) is 2. The topological polar surface area (TPSA) is 70.7 Å². The molecular formula is C21H24N4OS. The Morgan fingerprint density at radius 3 is 2.52 bits per heavy atom. The zero-order valence-corrected chi connectivity index (χ0v) is 16.6. The SMILES string of the molecule is CCCc1nc(S[C@@H](C(=O)Nc2cc(C)cc(C)c2)c2ccccc2)n[nH]1. The summed E-state index contributed by atoms with van der Waals surface area (Å²) in [5, 5.41) is 10.4. The highest BCUT2D eigenvalue weighted by molar-refractivity contribution is 8.00. The molecule has 3 rings (SSSR count). The molecule has 27 heavy (non-hydrogen) atoms. The molecule has 0 saturated carbocycles. The molecule has 0 unspecified atom stereocenters. The van der Waals surface area contributed by atoms with Crippen molar-refractivity contribution in [1.29, 1.82) is 0 Å². The quantitative estimate of drug-likeness (QED) is 0.575. The minimum atomic E-state index is -0.433. The fourth-order valence-electron chi connectivity index (χ4n) is 2.94. The fraction of sp³-hybridized carbons (Fsp3) is 0.286. The van der Waals surface area contributed by atoms with Crippen molar-refractivity contribution in [1.82, 2.24) is 15.2 Å². The highest BCUT2D eigenvalue weighted by Crippen LogP contribution is 2.34. The highest BCUT2D eigenvalue weighted by atomic mass is 32.2. The molecule has 3 aromatic rings. The van der Waals surface area contributed by atoms with Crippen LogP contribution in [-0.2, 0) is 11.2 Å². The summed E-state index contributed by atoms with van der Waals surface area (Å²) in [6.07, 6.45) is 1.84. The van der Waals surface area contributed by atoms with Crippen LogP contribution in [0.4, 0.5) is 5.69 Å². The number of aryl methyl sites for hydroxylation is 3. The van der Waals surface area contributed by atoms with Gasteiger partial charge >= 0.3 is 0 Å². The zero-order chi connectivity index (χ0) is 19.2.